The molecule has 0 aliphatic heterocycles. The van der Waals surface area contributed by atoms with E-state index >= 15 is 0 Å². The average Bonchev–Trinajstić information content (AvgIpc) is 2.47. The fraction of sp³-hybridized carbons (Fsp3) is 0.0714. The van der Waals surface area contributed by atoms with Crippen LogP contribution in [0.3, 0.4) is 0 Å². The van der Waals surface area contributed by atoms with Crippen LogP contribution in [0.2, 0.25) is 0 Å². The molecule has 0 bridgehead atoms. The Balaban J connectivity index is 2.31. The molecule has 0 aliphatic carbocycles. The van der Waals surface area contributed by atoms with Gasteiger partial charge in [0, 0.05) is 11.4 Å². The molecule has 0 fully saturated rings. The molecule has 0 amide bonds. The minimum absolute atomic E-state index is 0.0290. The molecule has 0 aliphatic rings. The summed E-state index contributed by atoms with van der Waals surface area (Å²) in [4.78, 5) is 0.0290. The van der Waals surface area contributed by atoms with Crippen LogP contribution in [0.5, 0.6) is 0 Å². The summed E-state index contributed by atoms with van der Waals surface area (Å²) in [5.41, 5.74) is 7.81. The molecular weight excluding hydrogens is 288 g/mol. The van der Waals surface area contributed by atoms with Gasteiger partial charge in [-0.3, -0.25) is 0 Å². The maximum atomic E-state index is 11.7. The lowest BCUT2D eigenvalue weighted by molar-refractivity contribution is 0.588. The molecule has 0 atom stereocenters. The van der Waals surface area contributed by atoms with Crippen molar-refractivity contribution in [2.75, 3.05) is 18.1 Å². The summed E-state index contributed by atoms with van der Waals surface area (Å²) in [5.74, 6) is 0. The van der Waals surface area contributed by atoms with Gasteiger partial charge in [0.1, 0.15) is 4.90 Å². The van der Waals surface area contributed by atoms with Crippen molar-refractivity contribution in [3.8, 4) is 6.07 Å². The summed E-state index contributed by atoms with van der Waals surface area (Å²) < 4.78 is 25.7. The van der Waals surface area contributed by atoms with Gasteiger partial charge in [-0.15, -0.1) is 0 Å². The molecule has 21 heavy (non-hydrogen) atoms. The monoisotopic (exact) mass is 302 g/mol. The van der Waals surface area contributed by atoms with Gasteiger partial charge in [0.2, 0.25) is 10.0 Å². The van der Waals surface area contributed by atoms with E-state index in [1.807, 2.05) is 6.07 Å². The second-order valence-electron chi connectivity index (χ2n) is 4.28. The Labute approximate surface area is 123 Å². The summed E-state index contributed by atoms with van der Waals surface area (Å²) in [6, 6.07) is 13.6. The van der Waals surface area contributed by atoms with Crippen LogP contribution in [-0.2, 0) is 10.0 Å². The van der Waals surface area contributed by atoms with Crippen LogP contribution in [0.4, 0.5) is 17.1 Å². The summed E-state index contributed by atoms with van der Waals surface area (Å²) in [6.45, 7) is 0. The van der Waals surface area contributed by atoms with Gasteiger partial charge in [-0.05, 0) is 43.4 Å². The predicted molar refractivity (Wildman–Crippen MR) is 81.5 cm³/mol. The van der Waals surface area contributed by atoms with Crippen molar-refractivity contribution in [1.82, 2.24) is 4.72 Å². The maximum Gasteiger partial charge on any atom is 0.242 e. The fourth-order valence-electron chi connectivity index (χ4n) is 1.81. The number of rotatable bonds is 4. The Morgan fingerprint density at radius 1 is 1.14 bits per heavy atom. The Morgan fingerprint density at radius 3 is 2.48 bits per heavy atom. The highest BCUT2D eigenvalue weighted by molar-refractivity contribution is 7.89. The van der Waals surface area contributed by atoms with Crippen molar-refractivity contribution >= 4 is 27.1 Å². The third kappa shape index (κ3) is 3.31. The van der Waals surface area contributed by atoms with Crippen molar-refractivity contribution < 1.29 is 8.42 Å². The first kappa shape index (κ1) is 14.8. The first-order valence-electron chi connectivity index (χ1n) is 6.06. The lowest BCUT2D eigenvalue weighted by Gasteiger charge is -2.10. The zero-order valence-electron chi connectivity index (χ0n) is 11.3. The smallest absolute Gasteiger partial charge is 0.242 e. The van der Waals surface area contributed by atoms with Crippen molar-refractivity contribution in [3.63, 3.8) is 0 Å². The second kappa shape index (κ2) is 5.83. The van der Waals surface area contributed by atoms with Crippen LogP contribution in [-0.4, -0.2) is 15.5 Å². The van der Waals surface area contributed by atoms with Gasteiger partial charge in [-0.2, -0.15) is 5.26 Å². The van der Waals surface area contributed by atoms with Crippen molar-refractivity contribution in [2.45, 2.75) is 4.90 Å². The lowest BCUT2D eigenvalue weighted by atomic mass is 10.2. The number of nitrogens with one attached hydrogen (secondary N) is 2. The number of hydrogen-bond acceptors (Lipinski definition) is 5. The van der Waals surface area contributed by atoms with Crippen LogP contribution in [0.15, 0.2) is 47.4 Å². The van der Waals surface area contributed by atoms with Gasteiger partial charge in [0.15, 0.2) is 0 Å². The van der Waals surface area contributed by atoms with E-state index < -0.39 is 10.0 Å². The number of nitrogens with zero attached hydrogens (tertiary/aromatic N) is 1. The quantitative estimate of drug-likeness (QED) is 0.746. The molecule has 0 unspecified atom stereocenters. The Bertz CT molecular complexity index is 810. The fourth-order valence-corrected chi connectivity index (χ4v) is 2.65. The van der Waals surface area contributed by atoms with Gasteiger partial charge >= 0.3 is 0 Å². The van der Waals surface area contributed by atoms with Crippen LogP contribution in [0.25, 0.3) is 0 Å². The number of nitriles is 1. The number of nitrogens with two attached hydrogens (primary N) is 1. The standard InChI is InChI=1S/C14H14N4O2S/c1-17-21(19,20)14-6-5-12(8-13(14)16)18-11-4-2-3-10(7-11)9-15/h2-8,17-18H,16H2,1H3. The van der Waals surface area contributed by atoms with E-state index in [1.54, 1.807) is 30.3 Å². The number of nitrogen functional groups attached to an aromatic ring is 1. The van der Waals surface area contributed by atoms with E-state index in [0.29, 0.717) is 11.3 Å². The first-order chi connectivity index (χ1) is 9.96. The van der Waals surface area contributed by atoms with Crippen LogP contribution >= 0.6 is 0 Å². The van der Waals surface area contributed by atoms with Crippen LogP contribution in [0, 0.1) is 11.3 Å². The highest BCUT2D eigenvalue weighted by atomic mass is 32.2. The number of benzene rings is 2. The van der Waals surface area contributed by atoms with Crippen LogP contribution in [0.1, 0.15) is 5.56 Å². The molecular formula is C14H14N4O2S. The average molecular weight is 302 g/mol. The molecule has 4 N–H and O–H groups in total. The molecule has 0 radical (unpaired) electrons. The molecule has 0 saturated carbocycles. The molecule has 0 spiro atoms. The maximum absolute atomic E-state index is 11.7. The summed E-state index contributed by atoms with van der Waals surface area (Å²) in [5, 5.41) is 11.9. The topological polar surface area (TPSA) is 108 Å². The SMILES string of the molecule is CNS(=O)(=O)c1ccc(Nc2cccc(C#N)c2)cc1N. The minimum Gasteiger partial charge on any atom is -0.398 e. The lowest BCUT2D eigenvalue weighted by Crippen LogP contribution is -2.19. The first-order valence-corrected chi connectivity index (χ1v) is 7.55. The van der Waals surface area contributed by atoms with Gasteiger partial charge < -0.3 is 11.1 Å². The van der Waals surface area contributed by atoms with Gasteiger partial charge in [-0.1, -0.05) is 6.07 Å². The highest BCUT2D eigenvalue weighted by Gasteiger charge is 2.15. The number of hydrogen-bond donors (Lipinski definition) is 3. The van der Waals surface area contributed by atoms with E-state index in [1.165, 1.54) is 19.2 Å². The summed E-state index contributed by atoms with van der Waals surface area (Å²) in [6.07, 6.45) is 0. The molecule has 108 valence electrons. The number of sulfonamides is 1. The van der Waals surface area contributed by atoms with E-state index in [2.05, 4.69) is 10.0 Å². The van der Waals surface area contributed by atoms with E-state index in [-0.39, 0.29) is 10.6 Å². The molecule has 0 saturated heterocycles. The molecule has 2 rings (SSSR count). The summed E-state index contributed by atoms with van der Waals surface area (Å²) >= 11 is 0. The van der Waals surface area contributed by atoms with E-state index in [4.69, 9.17) is 11.0 Å². The highest BCUT2D eigenvalue weighted by Crippen LogP contribution is 2.25. The van der Waals surface area contributed by atoms with Gasteiger partial charge in [0.25, 0.3) is 0 Å². The Hall–Kier alpha value is -2.56. The molecule has 2 aromatic rings. The zero-order valence-corrected chi connectivity index (χ0v) is 12.1. The molecule has 2 aromatic carbocycles. The Kier molecular flexibility index (Phi) is 4.12. The Morgan fingerprint density at radius 2 is 1.86 bits per heavy atom. The van der Waals surface area contributed by atoms with Crippen molar-refractivity contribution in [3.05, 3.63) is 48.0 Å². The van der Waals surface area contributed by atoms with E-state index in [9.17, 15) is 8.42 Å². The molecule has 6 nitrogen and oxygen atoms in total. The number of anilines is 3. The van der Waals surface area contributed by atoms with E-state index in [0.717, 1.165) is 5.69 Å². The van der Waals surface area contributed by atoms with Gasteiger partial charge in [0.05, 0.1) is 17.3 Å². The predicted octanol–water partition coefficient (Wildman–Crippen LogP) is 1.79. The van der Waals surface area contributed by atoms with Crippen LogP contribution < -0.4 is 15.8 Å². The third-order valence-corrected chi connectivity index (χ3v) is 4.34. The zero-order chi connectivity index (χ0) is 15.5. The molecule has 7 heteroatoms. The summed E-state index contributed by atoms with van der Waals surface area (Å²) in [7, 11) is -2.25. The van der Waals surface area contributed by atoms with Crippen molar-refractivity contribution in [1.29, 1.82) is 5.26 Å². The largest absolute Gasteiger partial charge is 0.398 e. The minimum atomic E-state index is -3.57. The third-order valence-electron chi connectivity index (χ3n) is 2.85. The second-order valence-corrected chi connectivity index (χ2v) is 6.13. The molecule has 0 heterocycles. The normalized spacial score (nSPS) is 10.9. The van der Waals surface area contributed by atoms with Gasteiger partial charge in [-0.25, -0.2) is 13.1 Å². The van der Waals surface area contributed by atoms with Crippen molar-refractivity contribution in [2.24, 2.45) is 0 Å². The molecule has 0 aromatic heterocycles.